The second kappa shape index (κ2) is 13.8. The van der Waals surface area contributed by atoms with E-state index in [9.17, 15) is 29.4 Å². The molecule has 0 saturated carbocycles. The van der Waals surface area contributed by atoms with Gasteiger partial charge >= 0.3 is 12.0 Å². The average molecular weight is 625 g/mol. The molecule has 13 nitrogen and oxygen atoms in total. The van der Waals surface area contributed by atoms with Crippen molar-refractivity contribution in [2.24, 2.45) is 13.0 Å². The Morgan fingerprint density at radius 2 is 2.00 bits per heavy atom. The molecule has 2 fully saturated rings. The number of aryl methyl sites for hydroxylation is 1. The Kier molecular flexibility index (Phi) is 9.88. The first-order valence-corrected chi connectivity index (χ1v) is 15.4. The van der Waals surface area contributed by atoms with Crippen molar-refractivity contribution in [2.75, 3.05) is 51.5 Å². The van der Waals surface area contributed by atoms with Gasteiger partial charge in [0.1, 0.15) is 12.7 Å². The minimum absolute atomic E-state index is 0.00766. The number of aromatic nitrogens is 1. The molecular formula is C32H42N5O8+. The van der Waals surface area contributed by atoms with Gasteiger partial charge in [0.2, 0.25) is 18.6 Å². The number of unbranched alkanes of at least 4 members (excludes halogenated alkanes) is 1. The molecule has 1 aromatic carbocycles. The van der Waals surface area contributed by atoms with Gasteiger partial charge in [-0.25, -0.2) is 9.36 Å². The number of aliphatic hydroxyl groups excluding tert-OH is 1. The maximum Gasteiger partial charge on any atom is 0.326 e. The summed E-state index contributed by atoms with van der Waals surface area (Å²) in [7, 11) is 3.34. The van der Waals surface area contributed by atoms with Gasteiger partial charge in [-0.05, 0) is 36.6 Å². The smallest absolute Gasteiger partial charge is 0.326 e. The minimum atomic E-state index is -1.02. The molecule has 0 bridgehead atoms. The van der Waals surface area contributed by atoms with Gasteiger partial charge in [0, 0.05) is 63.2 Å². The highest BCUT2D eigenvalue weighted by Gasteiger charge is 2.48. The molecular weight excluding hydrogens is 582 g/mol. The molecule has 13 heteroatoms. The first-order chi connectivity index (χ1) is 21.6. The number of nitrogens with zero attached hydrogens (tertiary/aromatic N) is 5. The summed E-state index contributed by atoms with van der Waals surface area (Å²) in [5, 5.41) is 20.7. The van der Waals surface area contributed by atoms with Crippen molar-refractivity contribution in [1.82, 2.24) is 14.7 Å². The van der Waals surface area contributed by atoms with Gasteiger partial charge in [0.25, 0.3) is 0 Å². The van der Waals surface area contributed by atoms with Crippen molar-refractivity contribution in [3.8, 4) is 11.5 Å². The monoisotopic (exact) mass is 624 g/mol. The molecule has 4 heterocycles. The zero-order chi connectivity index (χ0) is 32.2. The van der Waals surface area contributed by atoms with Gasteiger partial charge in [0.05, 0.1) is 19.1 Å². The first-order valence-electron chi connectivity index (χ1n) is 15.4. The zero-order valence-corrected chi connectivity index (χ0v) is 26.1. The summed E-state index contributed by atoms with van der Waals surface area (Å²) in [6, 6.07) is 6.28. The van der Waals surface area contributed by atoms with Gasteiger partial charge < -0.3 is 29.5 Å². The van der Waals surface area contributed by atoms with Crippen LogP contribution < -0.4 is 18.9 Å². The van der Waals surface area contributed by atoms with Crippen LogP contribution in [0.1, 0.15) is 49.7 Å². The first kappa shape index (κ1) is 32.2. The molecule has 5 rings (SSSR count). The van der Waals surface area contributed by atoms with Crippen molar-refractivity contribution in [3.05, 3.63) is 47.8 Å². The minimum Gasteiger partial charge on any atom is -0.481 e. The van der Waals surface area contributed by atoms with Gasteiger partial charge in [-0.2, -0.15) is 0 Å². The van der Waals surface area contributed by atoms with E-state index in [1.54, 1.807) is 21.9 Å². The fourth-order valence-electron chi connectivity index (χ4n) is 6.64. The molecule has 3 aliphatic rings. The summed E-state index contributed by atoms with van der Waals surface area (Å²) >= 11 is 0. The van der Waals surface area contributed by atoms with Crippen molar-refractivity contribution < 1.29 is 43.4 Å². The maximum atomic E-state index is 14.0. The second-order valence-electron chi connectivity index (χ2n) is 11.9. The molecule has 2 aromatic rings. The Labute approximate surface area is 262 Å². The number of imide groups is 1. The SMILES string of the molecule is CCCCN(C(=O)CN1C[C@H](c2cc(CO)c3c(c2)OCO3)[C@@H](C(=O)O)[C@@H]1CCN1CCC(=O)N(C)C1=O)c1ccc[n+](C)c1. The third-order valence-corrected chi connectivity index (χ3v) is 9.04. The predicted molar refractivity (Wildman–Crippen MR) is 162 cm³/mol. The van der Waals surface area contributed by atoms with E-state index in [0.29, 0.717) is 35.6 Å². The number of rotatable bonds is 12. The third-order valence-electron chi connectivity index (χ3n) is 9.04. The molecule has 0 spiro atoms. The number of likely N-dealkylation sites (tertiary alicyclic amines) is 1. The molecule has 4 amide bonds. The van der Waals surface area contributed by atoms with Crippen molar-refractivity contribution in [1.29, 1.82) is 0 Å². The van der Waals surface area contributed by atoms with Crippen LogP contribution in [0.3, 0.4) is 0 Å². The normalized spacial score (nSPS) is 21.5. The number of ether oxygens (including phenoxy) is 2. The Morgan fingerprint density at radius 1 is 1.20 bits per heavy atom. The summed E-state index contributed by atoms with van der Waals surface area (Å²) in [5.74, 6) is -1.97. The van der Waals surface area contributed by atoms with Crippen molar-refractivity contribution in [2.45, 2.75) is 51.2 Å². The molecule has 1 aromatic heterocycles. The number of aliphatic carboxylic acids is 1. The molecule has 0 radical (unpaired) electrons. The fourth-order valence-corrected chi connectivity index (χ4v) is 6.64. The Morgan fingerprint density at radius 3 is 2.71 bits per heavy atom. The lowest BCUT2D eigenvalue weighted by atomic mass is 9.83. The average Bonchev–Trinajstić information content (AvgIpc) is 3.64. The lowest BCUT2D eigenvalue weighted by Crippen LogP contribution is -2.52. The van der Waals surface area contributed by atoms with Gasteiger partial charge in [-0.1, -0.05) is 13.3 Å². The van der Waals surface area contributed by atoms with Crippen LogP contribution in [0.5, 0.6) is 11.5 Å². The molecule has 0 aliphatic carbocycles. The number of carboxylic acid groups (broad SMARTS) is 1. The van der Waals surface area contributed by atoms with E-state index in [-0.39, 0.29) is 57.8 Å². The number of aliphatic hydroxyl groups is 1. The third kappa shape index (κ3) is 6.74. The molecule has 3 aliphatic heterocycles. The van der Waals surface area contributed by atoms with E-state index in [1.165, 1.54) is 7.05 Å². The van der Waals surface area contributed by atoms with Crippen LogP contribution in [0.4, 0.5) is 10.5 Å². The predicted octanol–water partition coefficient (Wildman–Crippen LogP) is 1.71. The van der Waals surface area contributed by atoms with Crippen LogP contribution in [-0.4, -0.2) is 101 Å². The Hall–Kier alpha value is -4.23. The van der Waals surface area contributed by atoms with Gasteiger partial charge in [-0.15, -0.1) is 0 Å². The number of fused-ring (bicyclic) bond motifs is 1. The highest BCUT2D eigenvalue weighted by molar-refractivity contribution is 5.96. The van der Waals surface area contributed by atoms with E-state index in [2.05, 4.69) is 6.92 Å². The summed E-state index contributed by atoms with van der Waals surface area (Å²) in [5.41, 5.74) is 1.94. The van der Waals surface area contributed by atoms with Gasteiger partial charge in [-0.3, -0.25) is 24.2 Å². The number of benzene rings is 1. The summed E-state index contributed by atoms with van der Waals surface area (Å²) in [6.07, 6.45) is 5.97. The van der Waals surface area contributed by atoms with E-state index in [4.69, 9.17) is 9.47 Å². The van der Waals surface area contributed by atoms with Crippen LogP contribution in [0.25, 0.3) is 0 Å². The van der Waals surface area contributed by atoms with Crippen LogP contribution in [0.2, 0.25) is 0 Å². The number of amides is 4. The molecule has 0 unspecified atom stereocenters. The highest BCUT2D eigenvalue weighted by Crippen LogP contribution is 2.44. The number of anilines is 1. The number of urea groups is 1. The number of pyridine rings is 1. The lowest BCUT2D eigenvalue weighted by Gasteiger charge is -2.34. The van der Waals surface area contributed by atoms with E-state index < -0.39 is 29.9 Å². The molecule has 45 heavy (non-hydrogen) atoms. The maximum absolute atomic E-state index is 14.0. The number of hydrogen-bond acceptors (Lipinski definition) is 8. The second-order valence-corrected chi connectivity index (χ2v) is 11.9. The summed E-state index contributed by atoms with van der Waals surface area (Å²) in [4.78, 5) is 58.2. The Bertz CT molecular complexity index is 1450. The van der Waals surface area contributed by atoms with Crippen LogP contribution in [0.15, 0.2) is 36.7 Å². The largest absolute Gasteiger partial charge is 0.481 e. The van der Waals surface area contributed by atoms with Gasteiger partial charge in [0.15, 0.2) is 23.9 Å². The standard InChI is InChI=1S/C32H41N5O8/c1-4-5-11-37(23-7-6-10-33(2)16-23)28(40)18-36-17-24(21-14-22(19-38)30-26(15-21)44-20-45-30)29(31(41)42)25(36)8-12-35-13-9-27(39)34(3)32(35)43/h6-7,10,14-16,24-25,29,38H,4-5,8-9,11-13,17-20H2,1-3H3/p+1/t24-,25+,29-/m1/s1. The summed E-state index contributed by atoms with van der Waals surface area (Å²) in [6.45, 7) is 3.03. The molecule has 242 valence electrons. The van der Waals surface area contributed by atoms with Crippen LogP contribution in [-0.2, 0) is 28.0 Å². The van der Waals surface area contributed by atoms with Crippen LogP contribution >= 0.6 is 0 Å². The Balaban J connectivity index is 1.46. The van der Waals surface area contributed by atoms with E-state index >= 15 is 0 Å². The highest BCUT2D eigenvalue weighted by atomic mass is 16.7. The quantitative estimate of drug-likeness (QED) is 0.337. The summed E-state index contributed by atoms with van der Waals surface area (Å²) < 4.78 is 13.0. The lowest BCUT2D eigenvalue weighted by molar-refractivity contribution is -0.670. The number of carboxylic acids is 1. The van der Waals surface area contributed by atoms with Crippen molar-refractivity contribution in [3.63, 3.8) is 0 Å². The van der Waals surface area contributed by atoms with E-state index in [1.807, 2.05) is 41.0 Å². The number of carbonyl (C=O) groups is 4. The molecule has 2 N–H and O–H groups in total. The molecule has 2 saturated heterocycles. The number of hydrogen-bond donors (Lipinski definition) is 2. The zero-order valence-electron chi connectivity index (χ0n) is 26.1. The molecule has 3 atom stereocenters. The topological polar surface area (TPSA) is 144 Å². The van der Waals surface area contributed by atoms with Crippen LogP contribution in [0, 0.1) is 5.92 Å². The fraction of sp³-hybridized carbons (Fsp3) is 0.531. The van der Waals surface area contributed by atoms with Crippen molar-refractivity contribution >= 4 is 29.5 Å². The number of carbonyl (C=O) groups excluding carboxylic acids is 3. The van der Waals surface area contributed by atoms with E-state index in [0.717, 1.165) is 23.4 Å².